The molecule has 0 amide bonds. The van der Waals surface area contributed by atoms with E-state index < -0.39 is 7.38 Å². The molecule has 2 aromatic carbocycles. The van der Waals surface area contributed by atoms with Crippen LogP contribution in [0.3, 0.4) is 0 Å². The first-order valence-electron chi connectivity index (χ1n) is 8.40. The van der Waals surface area contributed by atoms with Gasteiger partial charge in [-0.15, -0.1) is 0 Å². The molecule has 2 heteroatoms. The molecule has 1 fully saturated rings. The Labute approximate surface area is 140 Å². The van der Waals surface area contributed by atoms with Gasteiger partial charge in [-0.3, -0.25) is 0 Å². The van der Waals surface area contributed by atoms with E-state index in [1.54, 1.807) is 0 Å². The first kappa shape index (κ1) is 15.8. The Hall–Kier alpha value is -1.05. The molecule has 0 spiro atoms. The third-order valence-electron chi connectivity index (χ3n) is 5.03. The highest BCUT2D eigenvalue weighted by molar-refractivity contribution is 7.22. The Morgan fingerprint density at radius 2 is 1.27 bits per heavy atom. The summed E-state index contributed by atoms with van der Waals surface area (Å²) in [5.41, 5.74) is 4.09. The van der Waals surface area contributed by atoms with E-state index in [1.807, 2.05) is 0 Å². The molecule has 3 rings (SSSR count). The van der Waals surface area contributed by atoms with E-state index in [0.29, 0.717) is 17.0 Å². The zero-order valence-electron chi connectivity index (χ0n) is 13.5. The molecule has 1 aliphatic rings. The molecule has 0 bridgehead atoms. The molecule has 1 saturated heterocycles. The second-order valence-corrected chi connectivity index (χ2v) is 12.8. The highest BCUT2D eigenvalue weighted by atomic mass is 35.6. The lowest BCUT2D eigenvalue weighted by atomic mass is 10.0. The average molecular weight is 329 g/mol. The van der Waals surface area contributed by atoms with E-state index in [2.05, 4.69) is 74.5 Å². The Morgan fingerprint density at radius 1 is 0.864 bits per heavy atom. The van der Waals surface area contributed by atoms with E-state index in [9.17, 15) is 0 Å². The van der Waals surface area contributed by atoms with Crippen molar-refractivity contribution in [2.24, 2.45) is 5.92 Å². The predicted molar refractivity (Wildman–Crippen MR) is 98.9 cm³/mol. The van der Waals surface area contributed by atoms with Crippen LogP contribution in [0.4, 0.5) is 0 Å². The van der Waals surface area contributed by atoms with Gasteiger partial charge in [0.1, 0.15) is 0 Å². The second kappa shape index (κ2) is 6.60. The van der Waals surface area contributed by atoms with E-state index >= 15 is 0 Å². The molecule has 0 aromatic heterocycles. The first-order chi connectivity index (χ1) is 10.6. The molecule has 0 aliphatic carbocycles. The zero-order valence-corrected chi connectivity index (χ0v) is 15.3. The normalized spacial score (nSPS) is 23.8. The van der Waals surface area contributed by atoms with Gasteiger partial charge in [0.05, 0.1) is 0 Å². The summed E-state index contributed by atoms with van der Waals surface area (Å²) in [7, 11) is -1.92. The largest absolute Gasteiger partial charge is 0.171 e. The van der Waals surface area contributed by atoms with Gasteiger partial charge >= 0.3 is 0 Å². The van der Waals surface area contributed by atoms with Crippen LogP contribution in [0, 0.1) is 5.92 Å². The minimum atomic E-state index is -1.92. The van der Waals surface area contributed by atoms with E-state index in [-0.39, 0.29) is 0 Å². The van der Waals surface area contributed by atoms with Crippen molar-refractivity contribution in [3.63, 3.8) is 0 Å². The van der Waals surface area contributed by atoms with Crippen LogP contribution >= 0.6 is 11.1 Å². The van der Waals surface area contributed by atoms with Gasteiger partial charge < -0.3 is 0 Å². The van der Waals surface area contributed by atoms with Gasteiger partial charge in [-0.05, 0) is 47.0 Å². The number of hydrogen-bond acceptors (Lipinski definition) is 0. The molecule has 116 valence electrons. The molecule has 0 nitrogen and oxygen atoms in total. The molecular formula is C20H25ClSi. The number of hydrogen-bond donors (Lipinski definition) is 0. The van der Waals surface area contributed by atoms with E-state index in [4.69, 9.17) is 11.1 Å². The maximum atomic E-state index is 7.51. The predicted octanol–water partition coefficient (Wildman–Crippen LogP) is 6.27. The monoisotopic (exact) mass is 328 g/mol. The number of halogens is 1. The highest BCUT2D eigenvalue weighted by Crippen LogP contribution is 2.54. The highest BCUT2D eigenvalue weighted by Gasteiger charge is 2.52. The summed E-state index contributed by atoms with van der Waals surface area (Å²) >= 11 is 7.51. The Bertz CT molecular complexity index is 546. The summed E-state index contributed by atoms with van der Waals surface area (Å²) in [6, 6.07) is 23.2. The fraction of sp³-hybridized carbons (Fsp3) is 0.400. The van der Waals surface area contributed by atoms with Crippen LogP contribution in [0.1, 0.15) is 48.9 Å². The van der Waals surface area contributed by atoms with Crippen LogP contribution in [0.15, 0.2) is 60.7 Å². The van der Waals surface area contributed by atoms with Gasteiger partial charge in [-0.1, -0.05) is 74.5 Å². The molecule has 1 aliphatic heterocycles. The van der Waals surface area contributed by atoms with Crippen molar-refractivity contribution in [2.45, 2.75) is 43.8 Å². The van der Waals surface area contributed by atoms with Crippen molar-refractivity contribution in [3.8, 4) is 0 Å². The summed E-state index contributed by atoms with van der Waals surface area (Å²) in [6.07, 6.45) is 2.48. The van der Waals surface area contributed by atoms with Crippen molar-refractivity contribution >= 4 is 18.5 Å². The zero-order chi connectivity index (χ0) is 15.6. The van der Waals surface area contributed by atoms with Crippen molar-refractivity contribution in [2.75, 3.05) is 0 Å². The Morgan fingerprint density at radius 3 is 1.64 bits per heavy atom. The van der Waals surface area contributed by atoms with Crippen LogP contribution in [0.25, 0.3) is 0 Å². The van der Waals surface area contributed by atoms with Crippen LogP contribution in [0.5, 0.6) is 0 Å². The van der Waals surface area contributed by atoms with Crippen molar-refractivity contribution in [3.05, 3.63) is 71.8 Å². The minimum absolute atomic E-state index is 0.586. The number of benzene rings is 2. The average Bonchev–Trinajstić information content (AvgIpc) is 2.85. The fourth-order valence-electron chi connectivity index (χ4n) is 4.22. The Kier molecular flexibility index (Phi) is 4.75. The smallest absolute Gasteiger partial charge is 0.166 e. The summed E-state index contributed by atoms with van der Waals surface area (Å²) in [4.78, 5) is 0. The molecule has 0 radical (unpaired) electrons. The number of rotatable bonds is 4. The maximum Gasteiger partial charge on any atom is 0.171 e. The summed E-state index contributed by atoms with van der Waals surface area (Å²) in [5, 5.41) is 0. The topological polar surface area (TPSA) is 0 Å². The van der Waals surface area contributed by atoms with E-state index in [0.717, 1.165) is 0 Å². The molecular weight excluding hydrogens is 304 g/mol. The molecule has 0 N–H and O–H groups in total. The quantitative estimate of drug-likeness (QED) is 0.458. The van der Waals surface area contributed by atoms with Crippen LogP contribution in [-0.2, 0) is 0 Å². The lowest BCUT2D eigenvalue weighted by Gasteiger charge is -2.34. The Balaban J connectivity index is 1.99. The third-order valence-corrected chi connectivity index (χ3v) is 12.1. The maximum absolute atomic E-state index is 7.51. The molecule has 22 heavy (non-hydrogen) atoms. The SMILES string of the molecule is CC(C)C[Si]1(Cl)[C@H](c2ccccc2)CC[C@H]1c1ccccc1. The van der Waals surface area contributed by atoms with Crippen LogP contribution in [-0.4, -0.2) is 7.38 Å². The lowest BCUT2D eigenvalue weighted by Crippen LogP contribution is -2.39. The van der Waals surface area contributed by atoms with Gasteiger partial charge in [0.25, 0.3) is 0 Å². The van der Waals surface area contributed by atoms with E-state index in [1.165, 1.54) is 30.0 Å². The first-order valence-corrected chi connectivity index (χ1v) is 11.8. The molecule has 0 saturated carbocycles. The second-order valence-electron chi connectivity index (χ2n) is 7.03. The van der Waals surface area contributed by atoms with Crippen LogP contribution < -0.4 is 0 Å². The summed E-state index contributed by atoms with van der Waals surface area (Å²) < 4.78 is 0. The molecule has 2 atom stereocenters. The lowest BCUT2D eigenvalue weighted by molar-refractivity contribution is 0.711. The van der Waals surface area contributed by atoms with Crippen LogP contribution in [0.2, 0.25) is 6.04 Å². The molecule has 0 unspecified atom stereocenters. The third kappa shape index (κ3) is 3.02. The van der Waals surface area contributed by atoms with Gasteiger partial charge in [-0.25, -0.2) is 0 Å². The van der Waals surface area contributed by atoms with Gasteiger partial charge in [-0.2, -0.15) is 11.1 Å². The van der Waals surface area contributed by atoms with Gasteiger partial charge in [0, 0.05) is 0 Å². The summed E-state index contributed by atoms with van der Waals surface area (Å²) in [5.74, 6) is 0.666. The van der Waals surface area contributed by atoms with Crippen molar-refractivity contribution < 1.29 is 0 Å². The van der Waals surface area contributed by atoms with Crippen molar-refractivity contribution in [1.29, 1.82) is 0 Å². The van der Waals surface area contributed by atoms with Gasteiger partial charge in [0.15, 0.2) is 7.38 Å². The van der Waals surface area contributed by atoms with Gasteiger partial charge in [0.2, 0.25) is 0 Å². The summed E-state index contributed by atoms with van der Waals surface area (Å²) in [6.45, 7) is 4.64. The molecule has 2 aromatic rings. The van der Waals surface area contributed by atoms with Crippen molar-refractivity contribution in [1.82, 2.24) is 0 Å². The minimum Gasteiger partial charge on any atom is -0.166 e. The standard InChI is InChI=1S/C20H25ClSi/c1-16(2)15-22(21)19(17-9-5-3-6-10-17)13-14-20(22)18-11-7-4-8-12-18/h3-12,16,19-20H,13-15H2,1-2H3/t19-,20-/m0/s1. The fourth-order valence-corrected chi connectivity index (χ4v) is 11.7. The molecule has 1 heterocycles.